The maximum absolute atomic E-state index is 12.5. The van der Waals surface area contributed by atoms with Crippen molar-refractivity contribution in [2.24, 2.45) is 50.2 Å². The highest BCUT2D eigenvalue weighted by molar-refractivity contribution is 5.73. The largest absolute Gasteiger partial charge is 0.479 e. The van der Waals surface area contributed by atoms with Crippen LogP contribution in [0.5, 0.6) is 0 Å². The Balaban J connectivity index is 1.08. The van der Waals surface area contributed by atoms with E-state index >= 15 is 0 Å². The monoisotopic (exact) mass is 943 g/mol. The Kier molecular flexibility index (Phi) is 13.7. The Hall–Kier alpha value is -1.43. The maximum atomic E-state index is 12.5. The second-order valence-electron chi connectivity index (χ2n) is 23.6. The van der Waals surface area contributed by atoms with Gasteiger partial charge in [0.15, 0.2) is 25.0 Å². The lowest BCUT2D eigenvalue weighted by Crippen LogP contribution is -2.68. The van der Waals surface area contributed by atoms with Gasteiger partial charge in [-0.1, -0.05) is 60.1 Å². The van der Waals surface area contributed by atoms with Crippen LogP contribution < -0.4 is 0 Å². The van der Waals surface area contributed by atoms with Gasteiger partial charge < -0.3 is 84.6 Å². The smallest absolute Gasteiger partial charge is 0.335 e. The zero-order valence-electron chi connectivity index (χ0n) is 39.7. The first-order valence-electron chi connectivity index (χ1n) is 24.3. The van der Waals surface area contributed by atoms with Crippen LogP contribution in [0.3, 0.4) is 0 Å². The van der Waals surface area contributed by atoms with Gasteiger partial charge >= 0.3 is 5.97 Å². The molecule has 0 amide bonds. The van der Waals surface area contributed by atoms with Crippen molar-refractivity contribution in [2.75, 3.05) is 13.2 Å². The number of carboxylic acid groups (broad SMARTS) is 1. The zero-order valence-corrected chi connectivity index (χ0v) is 39.7. The van der Waals surface area contributed by atoms with E-state index in [0.717, 1.165) is 44.9 Å². The molecular weight excluding hydrogens is 865 g/mol. The van der Waals surface area contributed by atoms with Crippen molar-refractivity contribution >= 4 is 5.97 Å². The van der Waals surface area contributed by atoms with Crippen molar-refractivity contribution in [2.45, 2.75) is 218 Å². The number of aliphatic hydroxyl groups excluding tert-OH is 10. The molecule has 5 aliphatic carbocycles. The summed E-state index contributed by atoms with van der Waals surface area (Å²) in [4.78, 5) is 12.5. The van der Waals surface area contributed by atoms with Crippen molar-refractivity contribution in [1.29, 1.82) is 0 Å². The third-order valence-corrected chi connectivity index (χ3v) is 19.5. The minimum atomic E-state index is -2.07. The van der Waals surface area contributed by atoms with E-state index in [1.807, 2.05) is 6.92 Å². The van der Waals surface area contributed by atoms with Crippen LogP contribution in [-0.2, 0) is 33.2 Å². The Bertz CT molecular complexity index is 1820. The van der Waals surface area contributed by atoms with Crippen molar-refractivity contribution < 1.29 is 89.4 Å². The third-order valence-electron chi connectivity index (χ3n) is 19.5. The molecule has 3 heterocycles. The molecule has 0 aromatic heterocycles. The Morgan fingerprint density at radius 3 is 1.94 bits per heavy atom. The van der Waals surface area contributed by atoms with E-state index in [0.29, 0.717) is 12.8 Å². The minimum absolute atomic E-state index is 0.0166. The molecule has 18 nitrogen and oxygen atoms in total. The molecule has 8 rings (SSSR count). The number of hydrogen-bond acceptors (Lipinski definition) is 17. The minimum Gasteiger partial charge on any atom is -0.479 e. The zero-order chi connectivity index (χ0) is 48.4. The molecule has 0 aromatic carbocycles. The lowest BCUT2D eigenvalue weighted by molar-refractivity contribution is -0.396. The van der Waals surface area contributed by atoms with Crippen LogP contribution in [-0.4, -0.2) is 180 Å². The van der Waals surface area contributed by atoms with Crippen LogP contribution in [0.2, 0.25) is 0 Å². The highest BCUT2D eigenvalue weighted by Crippen LogP contribution is 2.76. The van der Waals surface area contributed by atoms with Crippen LogP contribution in [0.4, 0.5) is 0 Å². The Labute approximate surface area is 387 Å². The van der Waals surface area contributed by atoms with Crippen LogP contribution in [0, 0.1) is 50.2 Å². The fraction of sp³-hybridized carbons (Fsp3) is 0.938. The number of rotatable bonds is 9. The molecule has 8 aliphatic rings. The average molecular weight is 943 g/mol. The van der Waals surface area contributed by atoms with Gasteiger partial charge in [0.2, 0.25) is 0 Å². The van der Waals surface area contributed by atoms with Crippen LogP contribution in [0.25, 0.3) is 0 Å². The second-order valence-corrected chi connectivity index (χ2v) is 23.6. The molecule has 66 heavy (non-hydrogen) atoms. The summed E-state index contributed by atoms with van der Waals surface area (Å²) in [5, 5.41) is 120. The molecule has 378 valence electrons. The topological polar surface area (TPSA) is 295 Å². The summed E-state index contributed by atoms with van der Waals surface area (Å²) >= 11 is 0. The number of aliphatic carboxylic acids is 1. The number of carboxylic acids is 1. The molecule has 0 aromatic rings. The summed E-state index contributed by atoms with van der Waals surface area (Å²) < 4.78 is 36.2. The van der Waals surface area contributed by atoms with Gasteiger partial charge in [-0.2, -0.15) is 0 Å². The molecule has 0 radical (unpaired) electrons. The van der Waals surface area contributed by atoms with Gasteiger partial charge in [0.1, 0.15) is 61.0 Å². The standard InChI is InChI=1S/C48H78O18/c1-21-29(52)31(54)35(58)40(61-21)65-37-32(55)30(53)24(19-49)62-41(37)66-38-34(57)33(56)36(39(59)60)64-42(38)63-28-12-13-45(5)25(46(28,6)20-50)11-14-48(8)26(45)10-9-22-23-17-43(2,3)18-27(51)44(23,4)15-16-47(22,48)7/h9,21,23-38,40-42,49-58H,10-20H2,1-8H3,(H,59,60)/t21-,23-,24+,25-,26-,27+,28-,29-,30+,31+,32-,33-,34-,35+,36-,37+,38+,40-,41-,42+,44+,45-,46+,47+,48+/m0/s1. The van der Waals surface area contributed by atoms with Crippen LogP contribution in [0.1, 0.15) is 113 Å². The van der Waals surface area contributed by atoms with Gasteiger partial charge in [-0.3, -0.25) is 0 Å². The molecule has 11 N–H and O–H groups in total. The van der Waals surface area contributed by atoms with Crippen molar-refractivity contribution in [3.05, 3.63) is 11.6 Å². The number of hydrogen-bond donors (Lipinski definition) is 11. The fourth-order valence-electron chi connectivity index (χ4n) is 15.1. The summed E-state index contributed by atoms with van der Waals surface area (Å²) in [5.74, 6) is -1.16. The molecule has 3 aliphatic heterocycles. The van der Waals surface area contributed by atoms with Gasteiger partial charge in [0.05, 0.1) is 31.5 Å². The third kappa shape index (κ3) is 7.78. The van der Waals surface area contributed by atoms with Crippen molar-refractivity contribution in [3.63, 3.8) is 0 Å². The predicted molar refractivity (Wildman–Crippen MR) is 231 cm³/mol. The number of ether oxygens (including phenoxy) is 6. The molecule has 4 saturated carbocycles. The SMILES string of the molecule is C[C@@H]1O[C@@H](O[C@H]2[C@H](O[C@H]3[C@H](O[C@H]4CC[C@@]5(C)[C@H](CC[C@]6(C)[C@H]5CC=C5[C@@H]7CC(C)(C)C[C@@H](O)[C@]7(C)CC[C@]56C)[C@@]4(C)CO)O[C@H](C(=O)O)[C@@H](O)[C@@H]3O)O[C@H](CO)[C@@H](O)[C@@H]2O)[C@H](O)[C@H](O)[C@H]1O. The number of carbonyl (C=O) groups is 1. The van der Waals surface area contributed by atoms with E-state index < -0.39 is 116 Å². The highest BCUT2D eigenvalue weighted by Gasteiger charge is 2.70. The molecule has 0 spiro atoms. The summed E-state index contributed by atoms with van der Waals surface area (Å²) in [6, 6.07) is 0. The van der Waals surface area contributed by atoms with E-state index in [1.165, 1.54) is 12.5 Å². The lowest BCUT2D eigenvalue weighted by atomic mass is 9.33. The molecule has 7 fully saturated rings. The van der Waals surface area contributed by atoms with Gasteiger partial charge in [-0.15, -0.1) is 0 Å². The number of allylic oxidation sites excluding steroid dienone is 2. The second kappa shape index (κ2) is 17.7. The number of fused-ring (bicyclic) bond motifs is 7. The van der Waals surface area contributed by atoms with E-state index in [9.17, 15) is 61.0 Å². The predicted octanol–water partition coefficient (Wildman–Crippen LogP) is 0.705. The van der Waals surface area contributed by atoms with Crippen LogP contribution >= 0.6 is 0 Å². The van der Waals surface area contributed by atoms with Gasteiger partial charge in [0.25, 0.3) is 0 Å². The molecule has 0 unspecified atom stereocenters. The molecule has 25 atom stereocenters. The molecule has 3 saturated heterocycles. The van der Waals surface area contributed by atoms with Gasteiger partial charge in [-0.05, 0) is 104 Å². The highest BCUT2D eigenvalue weighted by atomic mass is 16.8. The normalized spacial score (nSPS) is 55.9. The lowest BCUT2D eigenvalue weighted by Gasteiger charge is -2.72. The van der Waals surface area contributed by atoms with E-state index in [4.69, 9.17) is 28.4 Å². The van der Waals surface area contributed by atoms with Crippen molar-refractivity contribution in [1.82, 2.24) is 0 Å². The first-order chi connectivity index (χ1) is 30.7. The molecule has 18 heteroatoms. The molecular formula is C48H78O18. The summed E-state index contributed by atoms with van der Waals surface area (Å²) in [6.45, 7) is 16.3. The first kappa shape index (κ1) is 50.9. The summed E-state index contributed by atoms with van der Waals surface area (Å²) in [7, 11) is 0. The van der Waals surface area contributed by atoms with E-state index in [1.54, 1.807) is 0 Å². The quantitative estimate of drug-likeness (QED) is 0.112. The van der Waals surface area contributed by atoms with Gasteiger partial charge in [-0.25, -0.2) is 4.79 Å². The fourth-order valence-corrected chi connectivity index (χ4v) is 15.1. The summed E-state index contributed by atoms with van der Waals surface area (Å²) in [6.07, 6.45) is -17.6. The van der Waals surface area contributed by atoms with E-state index in [2.05, 4.69) is 47.6 Å². The maximum Gasteiger partial charge on any atom is 0.335 e. The number of aliphatic hydroxyl groups is 10. The molecule has 0 bridgehead atoms. The van der Waals surface area contributed by atoms with E-state index in [-0.39, 0.29) is 57.5 Å². The van der Waals surface area contributed by atoms with Gasteiger partial charge in [0, 0.05) is 10.8 Å². The summed E-state index contributed by atoms with van der Waals surface area (Å²) in [5.41, 5.74) is -0.0545. The Morgan fingerprint density at radius 2 is 1.30 bits per heavy atom. The van der Waals surface area contributed by atoms with Crippen molar-refractivity contribution in [3.8, 4) is 0 Å². The average Bonchev–Trinajstić information content (AvgIpc) is 3.25. The first-order valence-corrected chi connectivity index (χ1v) is 24.3. The van der Waals surface area contributed by atoms with Crippen LogP contribution in [0.15, 0.2) is 11.6 Å². The Morgan fingerprint density at radius 1 is 0.667 bits per heavy atom.